The average molecular weight is 552 g/mol. The van der Waals surface area contributed by atoms with Gasteiger partial charge in [0.05, 0.1) is 11.6 Å². The Kier molecular flexibility index (Phi) is 6.57. The van der Waals surface area contributed by atoms with Crippen molar-refractivity contribution in [3.63, 3.8) is 0 Å². The largest absolute Gasteiger partial charge is 0.419 e. The molecule has 0 radical (unpaired) electrons. The first-order valence-electron chi connectivity index (χ1n) is 11.5. The van der Waals surface area contributed by atoms with Crippen molar-refractivity contribution in [2.24, 2.45) is 5.73 Å². The topological polar surface area (TPSA) is 98.1 Å². The number of likely N-dealkylation sites (tertiary alicyclic amines) is 1. The molecule has 180 valence electrons. The van der Waals surface area contributed by atoms with Gasteiger partial charge in [-0.3, -0.25) is 4.79 Å². The number of carbonyl (C=O) groups is 1. The van der Waals surface area contributed by atoms with Crippen LogP contribution in [0.25, 0.3) is 11.5 Å². The van der Waals surface area contributed by atoms with E-state index in [0.29, 0.717) is 35.9 Å². The number of benzene rings is 2. The molecular weight excluding hydrogens is 526 g/mol. The van der Waals surface area contributed by atoms with Crippen molar-refractivity contribution >= 4 is 33.2 Å². The van der Waals surface area contributed by atoms with Gasteiger partial charge in [-0.15, -0.1) is 21.5 Å². The molecule has 9 heteroatoms. The third kappa shape index (κ3) is 5.07. The maximum atomic E-state index is 13.5. The van der Waals surface area contributed by atoms with Crippen LogP contribution in [0.5, 0.6) is 0 Å². The van der Waals surface area contributed by atoms with E-state index in [1.807, 2.05) is 66.6 Å². The van der Waals surface area contributed by atoms with Gasteiger partial charge in [-0.05, 0) is 56.9 Å². The Bertz CT molecular complexity index is 1350. The van der Waals surface area contributed by atoms with Gasteiger partial charge in [0.15, 0.2) is 0 Å². The molecule has 2 N–H and O–H groups in total. The number of amides is 1. The lowest BCUT2D eigenvalue weighted by Crippen LogP contribution is -2.35. The lowest BCUT2D eigenvalue weighted by molar-refractivity contribution is 0.0735. The number of hydrogen-bond donors (Lipinski definition) is 1. The average Bonchev–Trinajstić information content (AvgIpc) is 3.59. The molecule has 7 nitrogen and oxygen atoms in total. The number of hydrogen-bond acceptors (Lipinski definition) is 7. The van der Waals surface area contributed by atoms with Gasteiger partial charge >= 0.3 is 0 Å². The highest BCUT2D eigenvalue weighted by Crippen LogP contribution is 2.36. The van der Waals surface area contributed by atoms with Crippen LogP contribution in [0.2, 0.25) is 0 Å². The smallest absolute Gasteiger partial charge is 0.254 e. The van der Waals surface area contributed by atoms with Gasteiger partial charge in [0, 0.05) is 33.2 Å². The molecule has 2 aromatic heterocycles. The van der Waals surface area contributed by atoms with Gasteiger partial charge in [-0.2, -0.15) is 0 Å². The van der Waals surface area contributed by atoms with Crippen LogP contribution in [0.4, 0.5) is 0 Å². The van der Waals surface area contributed by atoms with Crippen molar-refractivity contribution in [2.75, 3.05) is 6.54 Å². The molecule has 3 heterocycles. The summed E-state index contributed by atoms with van der Waals surface area (Å²) >= 11 is 5.16. The van der Waals surface area contributed by atoms with E-state index in [-0.39, 0.29) is 11.9 Å². The van der Waals surface area contributed by atoms with Gasteiger partial charge in [-0.1, -0.05) is 46.3 Å². The molecule has 2 unspecified atom stereocenters. The van der Waals surface area contributed by atoms with Gasteiger partial charge in [0.1, 0.15) is 5.01 Å². The number of aromatic nitrogens is 3. The summed E-state index contributed by atoms with van der Waals surface area (Å²) in [7, 11) is 0. The van der Waals surface area contributed by atoms with E-state index in [9.17, 15) is 4.79 Å². The van der Waals surface area contributed by atoms with Crippen LogP contribution in [0.15, 0.2) is 62.8 Å². The fraction of sp³-hybridized carbons (Fsp3) is 0.308. The highest BCUT2D eigenvalue weighted by Gasteiger charge is 2.33. The zero-order chi connectivity index (χ0) is 24.6. The molecule has 1 saturated heterocycles. The zero-order valence-corrected chi connectivity index (χ0v) is 22.0. The number of thiazole rings is 1. The molecule has 0 bridgehead atoms. The van der Waals surface area contributed by atoms with E-state index in [1.165, 1.54) is 0 Å². The van der Waals surface area contributed by atoms with Gasteiger partial charge < -0.3 is 15.1 Å². The van der Waals surface area contributed by atoms with E-state index in [0.717, 1.165) is 33.6 Å². The minimum absolute atomic E-state index is 0.00886. The van der Waals surface area contributed by atoms with Gasteiger partial charge in [-0.25, -0.2) is 4.98 Å². The first-order chi connectivity index (χ1) is 16.8. The Balaban J connectivity index is 1.40. The van der Waals surface area contributed by atoms with E-state index < -0.39 is 5.54 Å². The van der Waals surface area contributed by atoms with Gasteiger partial charge in [0.2, 0.25) is 11.8 Å². The molecule has 2 atom stereocenters. The third-order valence-corrected chi connectivity index (χ3v) is 7.68. The second-order valence-corrected chi connectivity index (χ2v) is 11.0. The summed E-state index contributed by atoms with van der Waals surface area (Å²) in [6, 6.07) is 15.5. The molecule has 0 aliphatic carbocycles. The molecule has 0 spiro atoms. The Morgan fingerprint density at radius 2 is 2.06 bits per heavy atom. The minimum Gasteiger partial charge on any atom is -0.419 e. The summed E-state index contributed by atoms with van der Waals surface area (Å²) < 4.78 is 6.78. The van der Waals surface area contributed by atoms with E-state index in [2.05, 4.69) is 31.1 Å². The Hall–Kier alpha value is -2.88. The molecule has 5 rings (SSSR count). The maximum absolute atomic E-state index is 13.5. The first-order valence-corrected chi connectivity index (χ1v) is 13.2. The number of aryl methyl sites for hydroxylation is 1. The van der Waals surface area contributed by atoms with Gasteiger partial charge in [0.25, 0.3) is 5.91 Å². The predicted octanol–water partition coefficient (Wildman–Crippen LogP) is 5.66. The second-order valence-electron chi connectivity index (χ2n) is 9.20. The minimum atomic E-state index is -0.828. The molecule has 1 fully saturated rings. The summed E-state index contributed by atoms with van der Waals surface area (Å²) in [5.74, 6) is 0.645. The maximum Gasteiger partial charge on any atom is 0.254 e. The number of nitrogens with two attached hydrogens (primary N) is 1. The molecule has 1 aliphatic rings. The fourth-order valence-electron chi connectivity index (χ4n) is 4.46. The lowest BCUT2D eigenvalue weighted by Gasteiger charge is -2.23. The molecule has 1 amide bonds. The molecule has 35 heavy (non-hydrogen) atoms. The number of nitrogens with zero attached hydrogens (tertiary/aromatic N) is 4. The molecule has 1 aliphatic heterocycles. The quantitative estimate of drug-likeness (QED) is 0.332. The summed E-state index contributed by atoms with van der Waals surface area (Å²) in [5.41, 5.74) is 9.03. The van der Waals surface area contributed by atoms with Crippen LogP contribution in [0.1, 0.15) is 58.3 Å². The van der Waals surface area contributed by atoms with Crippen molar-refractivity contribution < 1.29 is 9.21 Å². The zero-order valence-electron chi connectivity index (χ0n) is 19.6. The predicted molar refractivity (Wildman–Crippen MR) is 139 cm³/mol. The van der Waals surface area contributed by atoms with E-state index in [4.69, 9.17) is 10.2 Å². The standard InChI is InChI=1S/C26H26BrN5O2S/c1-16-15-35-23(29-16)21-9-6-10-32(21)24(33)19-11-18(12-20(27)13-19)22-30-31-25(34-22)26(2,28)14-17-7-4-3-5-8-17/h3-5,7-8,11-13,15,21H,6,9-10,14,28H2,1-2H3. The van der Waals surface area contributed by atoms with Crippen LogP contribution in [0.3, 0.4) is 0 Å². The fourth-order valence-corrected chi connectivity index (χ4v) is 5.90. The Morgan fingerprint density at radius 3 is 2.80 bits per heavy atom. The number of carbonyl (C=O) groups excluding carboxylic acids is 1. The van der Waals surface area contributed by atoms with Crippen LogP contribution in [-0.2, 0) is 12.0 Å². The molecule has 4 aromatic rings. The van der Waals surface area contributed by atoms with E-state index in [1.54, 1.807) is 17.4 Å². The monoisotopic (exact) mass is 551 g/mol. The lowest BCUT2D eigenvalue weighted by atomic mass is 9.94. The normalized spacial score (nSPS) is 17.5. The number of halogens is 1. The summed E-state index contributed by atoms with van der Waals surface area (Å²) in [5, 5.41) is 11.5. The number of rotatable bonds is 6. The Labute approximate surface area is 216 Å². The van der Waals surface area contributed by atoms with Crippen molar-refractivity contribution in [2.45, 2.75) is 44.7 Å². The third-order valence-electron chi connectivity index (χ3n) is 6.15. The van der Waals surface area contributed by atoms with Crippen LogP contribution < -0.4 is 5.73 Å². The molecule has 0 saturated carbocycles. The summed E-state index contributed by atoms with van der Waals surface area (Å²) in [6.07, 6.45) is 2.44. The van der Waals surface area contributed by atoms with Crippen molar-refractivity contribution in [1.82, 2.24) is 20.1 Å². The summed E-state index contributed by atoms with van der Waals surface area (Å²) in [4.78, 5) is 20.1. The molecular formula is C26H26BrN5O2S. The first kappa shape index (κ1) is 23.8. The Morgan fingerprint density at radius 1 is 1.26 bits per heavy atom. The van der Waals surface area contributed by atoms with Crippen LogP contribution >= 0.6 is 27.3 Å². The second kappa shape index (κ2) is 9.64. The van der Waals surface area contributed by atoms with Crippen LogP contribution in [0, 0.1) is 6.92 Å². The highest BCUT2D eigenvalue weighted by molar-refractivity contribution is 9.10. The van der Waals surface area contributed by atoms with Crippen molar-refractivity contribution in [3.05, 3.63) is 86.1 Å². The van der Waals surface area contributed by atoms with Crippen molar-refractivity contribution in [3.8, 4) is 11.5 Å². The summed E-state index contributed by atoms with van der Waals surface area (Å²) in [6.45, 7) is 4.56. The van der Waals surface area contributed by atoms with Crippen molar-refractivity contribution in [1.29, 1.82) is 0 Å². The SMILES string of the molecule is Cc1csc(C2CCCN2C(=O)c2cc(Br)cc(-c3nnc(C(C)(N)Cc4ccccc4)o3)c2)n1. The molecule has 2 aromatic carbocycles. The van der Waals surface area contributed by atoms with Crippen LogP contribution in [-0.4, -0.2) is 32.5 Å². The van der Waals surface area contributed by atoms with E-state index >= 15 is 0 Å². The highest BCUT2D eigenvalue weighted by atomic mass is 79.9.